The zero-order chi connectivity index (χ0) is 14.3. The molecule has 0 aliphatic rings. The van der Waals surface area contributed by atoms with Gasteiger partial charge in [-0.15, -0.1) is 0 Å². The molecule has 1 heterocycles. The summed E-state index contributed by atoms with van der Waals surface area (Å²) in [6.45, 7) is 1.81. The van der Waals surface area contributed by atoms with Gasteiger partial charge in [-0.3, -0.25) is 0 Å². The first-order valence-electron chi connectivity index (χ1n) is 6.04. The number of halogens is 2. The van der Waals surface area contributed by atoms with Crippen LogP contribution in [-0.4, -0.2) is 9.97 Å². The number of hydrogen-bond donors (Lipinski definition) is 1. The van der Waals surface area contributed by atoms with Crippen LogP contribution in [0.1, 0.15) is 5.56 Å². The van der Waals surface area contributed by atoms with Crippen molar-refractivity contribution in [1.29, 1.82) is 0 Å². The fraction of sp³-hybridized carbons (Fsp3) is 0.0667. The molecule has 0 spiro atoms. The number of nitrogens with two attached hydrogens (primary N) is 1. The molecular formula is C15H11ClFN3. The number of hydrogen-bond acceptors (Lipinski definition) is 3. The minimum atomic E-state index is -0.289. The molecule has 0 radical (unpaired) electrons. The zero-order valence-corrected chi connectivity index (χ0v) is 11.4. The van der Waals surface area contributed by atoms with Crippen LogP contribution in [0.25, 0.3) is 22.3 Å². The molecular weight excluding hydrogens is 277 g/mol. The van der Waals surface area contributed by atoms with E-state index in [9.17, 15) is 4.39 Å². The van der Waals surface area contributed by atoms with Crippen molar-refractivity contribution in [2.45, 2.75) is 6.92 Å². The van der Waals surface area contributed by atoms with Gasteiger partial charge in [0.25, 0.3) is 0 Å². The first-order chi connectivity index (χ1) is 9.54. The van der Waals surface area contributed by atoms with Crippen molar-refractivity contribution in [2.75, 3.05) is 5.73 Å². The molecule has 1 aromatic heterocycles. The maximum Gasteiger partial charge on any atom is 0.162 e. The summed E-state index contributed by atoms with van der Waals surface area (Å²) in [6, 6.07) is 9.73. The van der Waals surface area contributed by atoms with E-state index in [0.717, 1.165) is 16.5 Å². The van der Waals surface area contributed by atoms with E-state index >= 15 is 0 Å². The predicted molar refractivity (Wildman–Crippen MR) is 79.1 cm³/mol. The molecule has 2 N–H and O–H groups in total. The molecule has 2 aromatic carbocycles. The lowest BCUT2D eigenvalue weighted by atomic mass is 10.1. The van der Waals surface area contributed by atoms with E-state index in [-0.39, 0.29) is 5.82 Å². The van der Waals surface area contributed by atoms with Gasteiger partial charge in [-0.05, 0) is 48.9 Å². The third-order valence-electron chi connectivity index (χ3n) is 3.12. The Labute approximate surface area is 120 Å². The quantitative estimate of drug-likeness (QED) is 0.736. The van der Waals surface area contributed by atoms with Crippen LogP contribution in [0.3, 0.4) is 0 Å². The van der Waals surface area contributed by atoms with Gasteiger partial charge in [0.05, 0.1) is 5.52 Å². The van der Waals surface area contributed by atoms with Crippen molar-refractivity contribution in [3.05, 3.63) is 52.8 Å². The van der Waals surface area contributed by atoms with Crippen LogP contribution in [0.4, 0.5) is 10.2 Å². The largest absolute Gasteiger partial charge is 0.383 e. The van der Waals surface area contributed by atoms with Crippen LogP contribution in [-0.2, 0) is 0 Å². The van der Waals surface area contributed by atoms with Crippen LogP contribution in [0, 0.1) is 12.7 Å². The molecule has 20 heavy (non-hydrogen) atoms. The fourth-order valence-electron chi connectivity index (χ4n) is 2.13. The van der Waals surface area contributed by atoms with Gasteiger partial charge in [-0.25, -0.2) is 14.4 Å². The molecule has 0 aliphatic heterocycles. The Kier molecular flexibility index (Phi) is 3.03. The highest BCUT2D eigenvalue weighted by atomic mass is 35.5. The Balaban J connectivity index is 2.26. The standard InChI is InChI=1S/C15H11ClFN3/c1-8-6-10(17)3-5-11(8)15-19-13-7-9(16)2-4-12(13)14(18)20-15/h2-7H,1H3,(H2,18,19,20). The van der Waals surface area contributed by atoms with E-state index in [1.807, 2.05) is 0 Å². The van der Waals surface area contributed by atoms with Crippen LogP contribution in [0.5, 0.6) is 0 Å². The first kappa shape index (κ1) is 12.8. The Bertz CT molecular complexity index is 818. The lowest BCUT2D eigenvalue weighted by Crippen LogP contribution is -1.99. The van der Waals surface area contributed by atoms with E-state index in [0.29, 0.717) is 22.2 Å². The van der Waals surface area contributed by atoms with Crippen molar-refractivity contribution < 1.29 is 4.39 Å². The molecule has 0 saturated carbocycles. The van der Waals surface area contributed by atoms with Gasteiger partial charge in [-0.2, -0.15) is 0 Å². The molecule has 0 atom stereocenters. The maximum absolute atomic E-state index is 13.2. The summed E-state index contributed by atoms with van der Waals surface area (Å²) in [5.74, 6) is 0.559. The maximum atomic E-state index is 13.2. The number of benzene rings is 2. The summed E-state index contributed by atoms with van der Waals surface area (Å²) >= 11 is 5.97. The number of aryl methyl sites for hydroxylation is 1. The second-order valence-corrected chi connectivity index (χ2v) is 4.99. The van der Waals surface area contributed by atoms with Crippen LogP contribution >= 0.6 is 11.6 Å². The molecule has 100 valence electrons. The van der Waals surface area contributed by atoms with E-state index in [1.165, 1.54) is 12.1 Å². The molecule has 0 bridgehead atoms. The van der Waals surface area contributed by atoms with Gasteiger partial charge >= 0.3 is 0 Å². The monoisotopic (exact) mass is 287 g/mol. The average Bonchev–Trinajstić information content (AvgIpc) is 2.37. The van der Waals surface area contributed by atoms with E-state index in [4.69, 9.17) is 17.3 Å². The SMILES string of the molecule is Cc1cc(F)ccc1-c1nc(N)c2ccc(Cl)cc2n1. The summed E-state index contributed by atoms with van der Waals surface area (Å²) in [5, 5.41) is 1.33. The highest BCUT2D eigenvalue weighted by Crippen LogP contribution is 2.27. The lowest BCUT2D eigenvalue weighted by Gasteiger charge is -2.08. The van der Waals surface area contributed by atoms with E-state index in [2.05, 4.69) is 9.97 Å². The van der Waals surface area contributed by atoms with Crippen molar-refractivity contribution in [1.82, 2.24) is 9.97 Å². The zero-order valence-electron chi connectivity index (χ0n) is 10.7. The fourth-order valence-corrected chi connectivity index (χ4v) is 2.29. The lowest BCUT2D eigenvalue weighted by molar-refractivity contribution is 0.627. The van der Waals surface area contributed by atoms with Gasteiger partial charge in [0.2, 0.25) is 0 Å². The van der Waals surface area contributed by atoms with E-state index < -0.39 is 0 Å². The Morgan fingerprint density at radius 1 is 1.10 bits per heavy atom. The molecule has 3 aromatic rings. The number of nitrogen functional groups attached to an aromatic ring is 1. The number of rotatable bonds is 1. The summed E-state index contributed by atoms with van der Waals surface area (Å²) in [6.07, 6.45) is 0. The van der Waals surface area contributed by atoms with Crippen molar-refractivity contribution in [3.8, 4) is 11.4 Å². The molecule has 0 amide bonds. The van der Waals surface area contributed by atoms with Gasteiger partial charge in [0.15, 0.2) is 5.82 Å². The molecule has 3 nitrogen and oxygen atoms in total. The first-order valence-corrected chi connectivity index (χ1v) is 6.42. The van der Waals surface area contributed by atoms with E-state index in [1.54, 1.807) is 31.2 Å². The number of aromatic nitrogens is 2. The summed E-state index contributed by atoms with van der Waals surface area (Å²) in [5.41, 5.74) is 8.13. The smallest absolute Gasteiger partial charge is 0.162 e. The molecule has 0 saturated heterocycles. The van der Waals surface area contributed by atoms with Crippen molar-refractivity contribution >= 4 is 28.3 Å². The Hall–Kier alpha value is -2.20. The second kappa shape index (κ2) is 4.72. The minimum Gasteiger partial charge on any atom is -0.383 e. The molecule has 3 rings (SSSR count). The highest BCUT2D eigenvalue weighted by Gasteiger charge is 2.10. The number of nitrogens with zero attached hydrogens (tertiary/aromatic N) is 2. The normalized spacial score (nSPS) is 10.9. The molecule has 0 fully saturated rings. The average molecular weight is 288 g/mol. The van der Waals surface area contributed by atoms with Crippen molar-refractivity contribution in [3.63, 3.8) is 0 Å². The van der Waals surface area contributed by atoms with Crippen LogP contribution < -0.4 is 5.73 Å². The van der Waals surface area contributed by atoms with Crippen molar-refractivity contribution in [2.24, 2.45) is 0 Å². The second-order valence-electron chi connectivity index (χ2n) is 4.55. The third-order valence-corrected chi connectivity index (χ3v) is 3.35. The summed E-state index contributed by atoms with van der Waals surface area (Å²) in [7, 11) is 0. The molecule has 5 heteroatoms. The molecule has 0 aliphatic carbocycles. The Morgan fingerprint density at radius 3 is 2.65 bits per heavy atom. The van der Waals surface area contributed by atoms with Crippen LogP contribution in [0.2, 0.25) is 5.02 Å². The highest BCUT2D eigenvalue weighted by molar-refractivity contribution is 6.31. The Morgan fingerprint density at radius 2 is 1.90 bits per heavy atom. The number of anilines is 1. The minimum absolute atomic E-state index is 0.289. The van der Waals surface area contributed by atoms with Crippen LogP contribution in [0.15, 0.2) is 36.4 Å². The van der Waals surface area contributed by atoms with Gasteiger partial charge in [0, 0.05) is 16.0 Å². The topological polar surface area (TPSA) is 51.8 Å². The summed E-state index contributed by atoms with van der Waals surface area (Å²) < 4.78 is 13.2. The third kappa shape index (κ3) is 2.18. The van der Waals surface area contributed by atoms with Gasteiger partial charge < -0.3 is 5.73 Å². The van der Waals surface area contributed by atoms with Gasteiger partial charge in [-0.1, -0.05) is 11.6 Å². The molecule has 0 unspecified atom stereocenters. The number of fused-ring (bicyclic) bond motifs is 1. The predicted octanol–water partition coefficient (Wildman–Crippen LogP) is 3.98. The summed E-state index contributed by atoms with van der Waals surface area (Å²) in [4.78, 5) is 8.75. The van der Waals surface area contributed by atoms with Gasteiger partial charge in [0.1, 0.15) is 11.6 Å².